The molecule has 9 heteroatoms. The van der Waals surface area contributed by atoms with Gasteiger partial charge in [0.05, 0.1) is 22.9 Å². The van der Waals surface area contributed by atoms with E-state index in [0.717, 1.165) is 35.9 Å². The summed E-state index contributed by atoms with van der Waals surface area (Å²) < 4.78 is 1.53. The maximum Gasteiger partial charge on any atom is 0.261 e. The number of nitrogens with zero attached hydrogens (tertiary/aromatic N) is 5. The van der Waals surface area contributed by atoms with Crippen molar-refractivity contribution in [3.63, 3.8) is 0 Å². The summed E-state index contributed by atoms with van der Waals surface area (Å²) in [6, 6.07) is 17.5. The van der Waals surface area contributed by atoms with Crippen LogP contribution in [-0.4, -0.2) is 56.4 Å². The van der Waals surface area contributed by atoms with Crippen molar-refractivity contribution < 1.29 is 4.79 Å². The van der Waals surface area contributed by atoms with E-state index in [9.17, 15) is 9.59 Å². The second-order valence-electron chi connectivity index (χ2n) is 8.18. The number of rotatable bonds is 6. The van der Waals surface area contributed by atoms with Gasteiger partial charge in [-0.1, -0.05) is 42.5 Å². The minimum absolute atomic E-state index is 0. The van der Waals surface area contributed by atoms with Crippen molar-refractivity contribution in [3.05, 3.63) is 82.4 Å². The van der Waals surface area contributed by atoms with Crippen LogP contribution in [0.3, 0.4) is 0 Å². The zero-order valence-corrected chi connectivity index (χ0v) is 20.3. The molecule has 0 N–H and O–H groups in total. The molecule has 7 nitrogen and oxygen atoms in total. The third kappa shape index (κ3) is 5.35. The van der Waals surface area contributed by atoms with Gasteiger partial charge in [-0.25, -0.2) is 9.97 Å². The summed E-state index contributed by atoms with van der Waals surface area (Å²) in [5, 5.41) is 3.74. The molecule has 34 heavy (non-hydrogen) atoms. The van der Waals surface area contributed by atoms with Gasteiger partial charge < -0.3 is 4.90 Å². The lowest BCUT2D eigenvalue weighted by Gasteiger charge is -2.34. The molecular weight excluding hydrogens is 470 g/mol. The number of para-hydroxylation sites is 1. The number of carbonyl (C=O) groups excluding carboxylic acids is 1. The molecule has 0 aliphatic carbocycles. The molecule has 0 saturated carbocycles. The van der Waals surface area contributed by atoms with E-state index >= 15 is 0 Å². The average Bonchev–Trinajstić information content (AvgIpc) is 3.33. The highest BCUT2D eigenvalue weighted by Gasteiger charge is 2.22. The largest absolute Gasteiger partial charge is 0.340 e. The molecule has 0 atom stereocenters. The fourth-order valence-corrected chi connectivity index (χ4v) is 4.93. The molecule has 1 saturated heterocycles. The number of carbonyl (C=O) groups is 1. The van der Waals surface area contributed by atoms with Gasteiger partial charge in [-0.05, 0) is 12.1 Å². The number of piperazine rings is 1. The minimum Gasteiger partial charge on any atom is -0.340 e. The Morgan fingerprint density at radius 1 is 0.971 bits per heavy atom. The van der Waals surface area contributed by atoms with E-state index in [0.29, 0.717) is 37.0 Å². The molecule has 0 spiro atoms. The second-order valence-corrected chi connectivity index (χ2v) is 9.04. The highest BCUT2D eigenvalue weighted by atomic mass is 35.5. The summed E-state index contributed by atoms with van der Waals surface area (Å²) in [6.07, 6.45) is 1.83. The van der Waals surface area contributed by atoms with Gasteiger partial charge in [0.25, 0.3) is 5.56 Å². The number of halogens is 1. The summed E-state index contributed by atoms with van der Waals surface area (Å²) in [6.45, 7) is 4.17. The predicted molar refractivity (Wildman–Crippen MR) is 137 cm³/mol. The van der Waals surface area contributed by atoms with Crippen molar-refractivity contribution in [2.75, 3.05) is 26.2 Å². The molecular formula is C25H26ClN5O2S. The van der Waals surface area contributed by atoms with Crippen molar-refractivity contribution in [2.45, 2.75) is 19.5 Å². The number of hydrogen-bond acceptors (Lipinski definition) is 6. The second kappa shape index (κ2) is 10.9. The van der Waals surface area contributed by atoms with E-state index in [-0.39, 0.29) is 23.9 Å². The Morgan fingerprint density at radius 2 is 1.71 bits per heavy atom. The SMILES string of the molecule is Cl.O=C(CCn1cnc2ccccc2c1=O)N1CCN(Cc2csc(-c3ccccc3)n2)CC1. The normalized spacial score (nSPS) is 14.2. The Balaban J connectivity index is 0.00000274. The van der Waals surface area contributed by atoms with Gasteiger partial charge in [0.2, 0.25) is 5.91 Å². The zero-order chi connectivity index (χ0) is 22.6. The Hall–Kier alpha value is -3.07. The fourth-order valence-electron chi connectivity index (χ4n) is 4.12. The van der Waals surface area contributed by atoms with Gasteiger partial charge >= 0.3 is 0 Å². The molecule has 0 bridgehead atoms. The van der Waals surface area contributed by atoms with Crippen molar-refractivity contribution in [3.8, 4) is 10.6 Å². The molecule has 3 heterocycles. The van der Waals surface area contributed by atoms with Gasteiger partial charge in [-0.15, -0.1) is 23.7 Å². The third-order valence-corrected chi connectivity index (χ3v) is 6.92. The molecule has 1 aliphatic rings. The van der Waals surface area contributed by atoms with Gasteiger partial charge in [0.15, 0.2) is 0 Å². The van der Waals surface area contributed by atoms with E-state index in [1.165, 1.54) is 10.9 Å². The summed E-state index contributed by atoms with van der Waals surface area (Å²) >= 11 is 1.67. The van der Waals surface area contributed by atoms with Crippen molar-refractivity contribution >= 4 is 40.6 Å². The number of thiazole rings is 1. The molecule has 5 rings (SSSR count). The maximum atomic E-state index is 12.7. The van der Waals surface area contributed by atoms with Crippen molar-refractivity contribution in [1.82, 2.24) is 24.3 Å². The molecule has 0 radical (unpaired) electrons. The van der Waals surface area contributed by atoms with Crippen LogP contribution in [0.2, 0.25) is 0 Å². The van der Waals surface area contributed by atoms with Crippen LogP contribution >= 0.6 is 23.7 Å². The standard InChI is InChI=1S/C25H25N5O2S.ClH/c31-23(10-11-30-18-26-22-9-5-4-8-21(22)25(30)32)29-14-12-28(13-15-29)16-20-17-33-24(27-20)19-6-2-1-3-7-19;/h1-9,17-18H,10-16H2;1H. The molecule has 2 aromatic heterocycles. The van der Waals surface area contributed by atoms with E-state index in [1.807, 2.05) is 41.3 Å². The number of aromatic nitrogens is 3. The Labute approximate surface area is 208 Å². The summed E-state index contributed by atoms with van der Waals surface area (Å²) in [5.41, 5.74) is 2.79. The first-order chi connectivity index (χ1) is 16.2. The quantitative estimate of drug-likeness (QED) is 0.408. The van der Waals surface area contributed by atoms with Gasteiger partial charge in [-0.2, -0.15) is 0 Å². The topological polar surface area (TPSA) is 71.3 Å². The van der Waals surface area contributed by atoms with Gasteiger partial charge in [0.1, 0.15) is 5.01 Å². The van der Waals surface area contributed by atoms with Crippen molar-refractivity contribution in [1.29, 1.82) is 0 Å². The molecule has 2 aromatic carbocycles. The number of amides is 1. The van der Waals surface area contributed by atoms with Crippen molar-refractivity contribution in [2.24, 2.45) is 0 Å². The van der Waals surface area contributed by atoms with Crippen LogP contribution in [-0.2, 0) is 17.9 Å². The van der Waals surface area contributed by atoms with Crippen LogP contribution in [0.1, 0.15) is 12.1 Å². The Morgan fingerprint density at radius 3 is 2.50 bits per heavy atom. The molecule has 1 aliphatic heterocycles. The Kier molecular flexibility index (Phi) is 7.72. The maximum absolute atomic E-state index is 12.7. The first-order valence-electron chi connectivity index (χ1n) is 11.1. The molecule has 0 unspecified atom stereocenters. The van der Waals surface area contributed by atoms with E-state index in [4.69, 9.17) is 4.98 Å². The molecule has 1 amide bonds. The molecule has 1 fully saturated rings. The number of aryl methyl sites for hydroxylation is 1. The van der Waals surface area contributed by atoms with Crippen LogP contribution in [0.25, 0.3) is 21.5 Å². The zero-order valence-electron chi connectivity index (χ0n) is 18.7. The van der Waals surface area contributed by atoms with Crippen LogP contribution in [0.4, 0.5) is 0 Å². The van der Waals surface area contributed by atoms with Gasteiger partial charge in [0, 0.05) is 56.6 Å². The monoisotopic (exact) mass is 495 g/mol. The Bertz CT molecular complexity index is 1320. The van der Waals surface area contributed by atoms with E-state index in [2.05, 4.69) is 27.4 Å². The van der Waals surface area contributed by atoms with Gasteiger partial charge in [-0.3, -0.25) is 19.1 Å². The molecule has 4 aromatic rings. The average molecular weight is 496 g/mol. The number of benzene rings is 2. The summed E-state index contributed by atoms with van der Waals surface area (Å²) in [4.78, 5) is 38.7. The third-order valence-electron chi connectivity index (χ3n) is 5.98. The lowest BCUT2D eigenvalue weighted by Crippen LogP contribution is -2.48. The lowest BCUT2D eigenvalue weighted by atomic mass is 10.2. The smallest absolute Gasteiger partial charge is 0.261 e. The first-order valence-corrected chi connectivity index (χ1v) is 12.0. The van der Waals surface area contributed by atoms with Crippen LogP contribution < -0.4 is 5.56 Å². The fraction of sp³-hybridized carbons (Fsp3) is 0.280. The van der Waals surface area contributed by atoms with E-state index in [1.54, 1.807) is 17.4 Å². The highest BCUT2D eigenvalue weighted by Crippen LogP contribution is 2.24. The molecule has 176 valence electrons. The highest BCUT2D eigenvalue weighted by molar-refractivity contribution is 7.13. The summed E-state index contributed by atoms with van der Waals surface area (Å²) in [7, 11) is 0. The number of fused-ring (bicyclic) bond motifs is 1. The summed E-state index contributed by atoms with van der Waals surface area (Å²) in [5.74, 6) is 0.0785. The number of hydrogen-bond donors (Lipinski definition) is 0. The van der Waals surface area contributed by atoms with Crippen LogP contribution in [0.5, 0.6) is 0 Å². The van der Waals surface area contributed by atoms with Crippen LogP contribution in [0, 0.1) is 0 Å². The van der Waals surface area contributed by atoms with Crippen LogP contribution in [0.15, 0.2) is 71.1 Å². The van der Waals surface area contributed by atoms with E-state index < -0.39 is 0 Å². The predicted octanol–water partition coefficient (Wildman–Crippen LogP) is 3.68. The minimum atomic E-state index is -0.101. The lowest BCUT2D eigenvalue weighted by molar-refractivity contribution is -0.133. The first kappa shape index (κ1) is 24.1.